The number of hydrogen-bond acceptors (Lipinski definition) is 3. The van der Waals surface area contributed by atoms with Gasteiger partial charge < -0.3 is 20.3 Å². The number of benzene rings is 1. The number of ether oxygens (including phenoxy) is 1. The lowest BCUT2D eigenvalue weighted by atomic mass is 9.67. The van der Waals surface area contributed by atoms with Crippen molar-refractivity contribution in [2.75, 3.05) is 13.7 Å². The third-order valence-corrected chi connectivity index (χ3v) is 5.09. The van der Waals surface area contributed by atoms with Crippen LogP contribution in [-0.2, 0) is 0 Å². The second-order valence-corrected chi connectivity index (χ2v) is 6.19. The first-order valence-corrected chi connectivity index (χ1v) is 7.57. The number of phenols is 1. The predicted octanol–water partition coefficient (Wildman–Crippen LogP) is 1.33. The van der Waals surface area contributed by atoms with Crippen molar-refractivity contribution in [1.29, 1.82) is 0 Å². The number of hydrogen-bond donors (Lipinski definition) is 3. The fraction of sp³-hybridized carbons (Fsp3) is 0.625. The summed E-state index contributed by atoms with van der Waals surface area (Å²) in [6, 6.07) is 5.83. The molecule has 20 heavy (non-hydrogen) atoms. The van der Waals surface area contributed by atoms with Gasteiger partial charge in [0, 0.05) is 17.9 Å². The Labute approximate surface area is 119 Å². The van der Waals surface area contributed by atoms with Crippen molar-refractivity contribution in [3.63, 3.8) is 0 Å². The standard InChI is InChI=1S/C16H23NO3/c1-20-14-10-11(5-6-13(14)18)15-12-4-2-3-7-16(12,19)8-9-17-15/h5-6,10,12,15,17-19H,2-4,7-9H2,1H3/p+1/t12-,15+,16-/m0/s1. The maximum atomic E-state index is 10.9. The molecular weight excluding hydrogens is 254 g/mol. The van der Waals surface area contributed by atoms with Crippen LogP contribution in [0.3, 0.4) is 0 Å². The Bertz CT molecular complexity index is 487. The van der Waals surface area contributed by atoms with E-state index >= 15 is 0 Å². The fourth-order valence-electron chi connectivity index (χ4n) is 4.02. The average Bonchev–Trinajstić information content (AvgIpc) is 2.46. The molecule has 1 aromatic carbocycles. The third-order valence-electron chi connectivity index (χ3n) is 5.09. The van der Waals surface area contributed by atoms with Gasteiger partial charge in [0.2, 0.25) is 0 Å². The highest BCUT2D eigenvalue weighted by molar-refractivity contribution is 5.42. The number of aromatic hydroxyl groups is 1. The lowest BCUT2D eigenvalue weighted by Gasteiger charge is -2.46. The van der Waals surface area contributed by atoms with Crippen molar-refractivity contribution in [2.24, 2.45) is 5.92 Å². The Morgan fingerprint density at radius 1 is 1.30 bits per heavy atom. The van der Waals surface area contributed by atoms with Crippen LogP contribution in [0.25, 0.3) is 0 Å². The van der Waals surface area contributed by atoms with E-state index < -0.39 is 5.60 Å². The normalized spacial score (nSPS) is 33.5. The molecule has 0 amide bonds. The molecule has 4 heteroatoms. The minimum absolute atomic E-state index is 0.172. The van der Waals surface area contributed by atoms with E-state index in [4.69, 9.17) is 4.74 Å². The molecule has 1 heterocycles. The van der Waals surface area contributed by atoms with Crippen molar-refractivity contribution in [3.8, 4) is 11.5 Å². The summed E-state index contributed by atoms with van der Waals surface area (Å²) in [5, 5.41) is 23.0. The minimum Gasteiger partial charge on any atom is -0.504 e. The average molecular weight is 278 g/mol. The molecule has 2 fully saturated rings. The number of aliphatic hydroxyl groups is 1. The molecule has 1 saturated carbocycles. The van der Waals surface area contributed by atoms with Crippen LogP contribution < -0.4 is 10.1 Å². The van der Waals surface area contributed by atoms with E-state index in [9.17, 15) is 10.2 Å². The highest BCUT2D eigenvalue weighted by Crippen LogP contribution is 2.44. The van der Waals surface area contributed by atoms with Gasteiger partial charge in [-0.2, -0.15) is 0 Å². The number of piperidine rings is 1. The van der Waals surface area contributed by atoms with Gasteiger partial charge >= 0.3 is 0 Å². The van der Waals surface area contributed by atoms with Crippen molar-refractivity contribution in [1.82, 2.24) is 0 Å². The van der Waals surface area contributed by atoms with Gasteiger partial charge in [0.15, 0.2) is 11.5 Å². The van der Waals surface area contributed by atoms with Gasteiger partial charge in [-0.05, 0) is 31.0 Å². The molecule has 3 rings (SSSR count). The number of rotatable bonds is 2. The molecule has 110 valence electrons. The first kappa shape index (κ1) is 13.7. The van der Waals surface area contributed by atoms with Gasteiger partial charge in [-0.1, -0.05) is 12.8 Å². The van der Waals surface area contributed by atoms with Gasteiger partial charge in [0.25, 0.3) is 0 Å². The number of methoxy groups -OCH3 is 1. The largest absolute Gasteiger partial charge is 0.504 e. The summed E-state index contributed by atoms with van der Waals surface area (Å²) in [6.07, 6.45) is 5.24. The summed E-state index contributed by atoms with van der Waals surface area (Å²) >= 11 is 0. The summed E-state index contributed by atoms with van der Waals surface area (Å²) in [7, 11) is 1.57. The van der Waals surface area contributed by atoms with E-state index in [1.54, 1.807) is 13.2 Å². The van der Waals surface area contributed by atoms with Crippen molar-refractivity contribution in [3.05, 3.63) is 23.8 Å². The van der Waals surface area contributed by atoms with E-state index in [0.717, 1.165) is 37.8 Å². The number of phenolic OH excluding ortho intramolecular Hbond substituents is 1. The smallest absolute Gasteiger partial charge is 0.160 e. The second kappa shape index (κ2) is 5.26. The lowest BCUT2D eigenvalue weighted by Crippen LogP contribution is -2.91. The quantitative estimate of drug-likeness (QED) is 0.764. The van der Waals surface area contributed by atoms with E-state index in [0.29, 0.717) is 11.7 Å². The number of quaternary nitrogens is 1. The van der Waals surface area contributed by atoms with Gasteiger partial charge in [-0.3, -0.25) is 0 Å². The molecule has 4 nitrogen and oxygen atoms in total. The second-order valence-electron chi connectivity index (χ2n) is 6.19. The van der Waals surface area contributed by atoms with E-state index in [1.807, 2.05) is 12.1 Å². The Morgan fingerprint density at radius 3 is 2.95 bits per heavy atom. The maximum absolute atomic E-state index is 10.9. The van der Waals surface area contributed by atoms with Crippen molar-refractivity contribution >= 4 is 0 Å². The number of fused-ring (bicyclic) bond motifs is 1. The molecule has 2 aliphatic rings. The highest BCUT2D eigenvalue weighted by Gasteiger charge is 2.48. The van der Waals surface area contributed by atoms with E-state index in [2.05, 4.69) is 5.32 Å². The Morgan fingerprint density at radius 2 is 2.15 bits per heavy atom. The van der Waals surface area contributed by atoms with E-state index in [1.165, 1.54) is 6.42 Å². The first-order valence-electron chi connectivity index (χ1n) is 7.57. The Balaban J connectivity index is 1.92. The zero-order chi connectivity index (χ0) is 14.2. The SMILES string of the molecule is COc1cc([C@H]2[NH2+]CC[C@@]3(O)CCCC[C@@H]23)ccc1O. The van der Waals surface area contributed by atoms with Crippen LogP contribution in [0, 0.1) is 5.92 Å². The molecule has 1 aromatic rings. The van der Waals surface area contributed by atoms with Crippen LogP contribution in [0.2, 0.25) is 0 Å². The van der Waals surface area contributed by atoms with Crippen LogP contribution in [0.1, 0.15) is 43.7 Å². The first-order chi connectivity index (χ1) is 9.64. The molecular formula is C16H24NO3+. The topological polar surface area (TPSA) is 66.3 Å². The maximum Gasteiger partial charge on any atom is 0.160 e. The van der Waals surface area contributed by atoms with Crippen molar-refractivity contribution in [2.45, 2.75) is 43.7 Å². The molecule has 1 aliphatic heterocycles. The molecule has 3 atom stereocenters. The zero-order valence-corrected chi connectivity index (χ0v) is 12.0. The van der Waals surface area contributed by atoms with Crippen LogP contribution >= 0.6 is 0 Å². The van der Waals surface area contributed by atoms with Gasteiger partial charge in [0.1, 0.15) is 6.04 Å². The zero-order valence-electron chi connectivity index (χ0n) is 12.0. The van der Waals surface area contributed by atoms with Crippen LogP contribution in [0.4, 0.5) is 0 Å². The molecule has 1 saturated heterocycles. The molecule has 4 N–H and O–H groups in total. The fourth-order valence-corrected chi connectivity index (χ4v) is 4.02. The highest BCUT2D eigenvalue weighted by atomic mass is 16.5. The monoisotopic (exact) mass is 278 g/mol. The van der Waals surface area contributed by atoms with Crippen molar-refractivity contribution < 1.29 is 20.3 Å². The van der Waals surface area contributed by atoms with E-state index in [-0.39, 0.29) is 11.8 Å². The minimum atomic E-state index is -0.497. The molecule has 0 bridgehead atoms. The van der Waals surface area contributed by atoms with Crippen LogP contribution in [-0.4, -0.2) is 29.5 Å². The predicted molar refractivity (Wildman–Crippen MR) is 75.7 cm³/mol. The molecule has 0 radical (unpaired) electrons. The van der Waals surface area contributed by atoms with Crippen LogP contribution in [0.15, 0.2) is 18.2 Å². The Kier molecular flexibility index (Phi) is 3.61. The molecule has 0 spiro atoms. The van der Waals surface area contributed by atoms with Gasteiger partial charge in [0.05, 0.1) is 19.3 Å². The number of nitrogens with two attached hydrogens (primary N) is 1. The third kappa shape index (κ3) is 2.27. The Hall–Kier alpha value is -1.26. The summed E-state index contributed by atoms with van der Waals surface area (Å²) in [5.74, 6) is 0.992. The molecule has 0 unspecified atom stereocenters. The lowest BCUT2D eigenvalue weighted by molar-refractivity contribution is -0.719. The summed E-state index contributed by atoms with van der Waals surface area (Å²) in [4.78, 5) is 0. The summed E-state index contributed by atoms with van der Waals surface area (Å²) < 4.78 is 5.21. The van der Waals surface area contributed by atoms with Crippen LogP contribution in [0.5, 0.6) is 11.5 Å². The summed E-state index contributed by atoms with van der Waals surface area (Å²) in [6.45, 7) is 0.959. The molecule has 1 aliphatic carbocycles. The molecule has 0 aromatic heterocycles. The summed E-state index contributed by atoms with van der Waals surface area (Å²) in [5.41, 5.74) is 0.646. The van der Waals surface area contributed by atoms with Gasteiger partial charge in [-0.15, -0.1) is 0 Å². The van der Waals surface area contributed by atoms with Gasteiger partial charge in [-0.25, -0.2) is 0 Å².